The second kappa shape index (κ2) is 7.52. The number of nitrogens with one attached hydrogen (secondary N) is 2. The summed E-state index contributed by atoms with van der Waals surface area (Å²) in [5, 5.41) is 11.4. The van der Waals surface area contributed by atoms with Crippen LogP contribution in [-0.4, -0.2) is 52.3 Å². The molecule has 6 heteroatoms. The number of carbonyl (C=O) groups excluding carboxylic acids is 1. The maximum atomic E-state index is 13.0. The van der Waals surface area contributed by atoms with Crippen LogP contribution >= 0.6 is 0 Å². The smallest absolute Gasteiger partial charge is 0.255 e. The Hall–Kier alpha value is -1.95. The fourth-order valence-electron chi connectivity index (χ4n) is 4.20. The highest BCUT2D eigenvalue weighted by Crippen LogP contribution is 2.36. The van der Waals surface area contributed by atoms with Crippen molar-refractivity contribution in [3.63, 3.8) is 0 Å². The Kier molecular flexibility index (Phi) is 5.37. The minimum Gasteiger partial charge on any atom is -0.341 e. The molecule has 1 unspecified atom stereocenters. The topological polar surface area (TPSA) is 72.3 Å². The van der Waals surface area contributed by atoms with Gasteiger partial charge in [-0.05, 0) is 43.5 Å². The Morgan fingerprint density at radius 3 is 2.80 bits per heavy atom. The molecule has 2 aliphatic rings. The Balaban J connectivity index is 1.77. The molecule has 0 aromatic carbocycles. The molecule has 0 bridgehead atoms. The van der Waals surface area contributed by atoms with Crippen LogP contribution in [-0.2, 0) is 11.3 Å². The van der Waals surface area contributed by atoms with Gasteiger partial charge in [0.25, 0.3) is 5.91 Å². The number of rotatable bonds is 6. The molecule has 3 heterocycles. The van der Waals surface area contributed by atoms with Crippen LogP contribution in [0.2, 0.25) is 0 Å². The van der Waals surface area contributed by atoms with Crippen molar-refractivity contribution in [3.8, 4) is 0 Å². The molecule has 2 fully saturated rings. The van der Waals surface area contributed by atoms with E-state index in [4.69, 9.17) is 5.41 Å². The molecular formula is C19H29N5O. The lowest BCUT2D eigenvalue weighted by Crippen LogP contribution is -2.57. The summed E-state index contributed by atoms with van der Waals surface area (Å²) in [4.78, 5) is 21.0. The normalized spacial score (nSPS) is 27.6. The lowest BCUT2D eigenvalue weighted by atomic mass is 9.75. The van der Waals surface area contributed by atoms with Crippen LogP contribution in [0.15, 0.2) is 24.5 Å². The summed E-state index contributed by atoms with van der Waals surface area (Å²) in [6, 6.07) is 4.11. The molecule has 2 atom stereocenters. The summed E-state index contributed by atoms with van der Waals surface area (Å²) in [5.41, 5.74) is 0.660. The molecular weight excluding hydrogens is 314 g/mol. The number of unbranched alkanes of at least 4 members (excludes halogenated alkanes) is 1. The van der Waals surface area contributed by atoms with E-state index in [0.29, 0.717) is 0 Å². The summed E-state index contributed by atoms with van der Waals surface area (Å²) < 4.78 is 0. The predicted octanol–water partition coefficient (Wildman–Crippen LogP) is 2.22. The SMILES string of the molecule is CCCC[C@]1(C2CCCN(Cc3ccncc3)C2)NC(=N)N(C)C1=O. The van der Waals surface area contributed by atoms with E-state index < -0.39 is 5.54 Å². The number of piperidine rings is 1. The Morgan fingerprint density at radius 2 is 2.16 bits per heavy atom. The standard InChI is InChI=1S/C19H29N5O/c1-3-4-9-19(17(25)23(2)18(20)22-19)16-6-5-12-24(14-16)13-15-7-10-21-11-8-15/h7-8,10-11,16H,3-6,9,12-14H2,1-2H3,(H2,20,22)/t16?,19-/m1/s1. The largest absolute Gasteiger partial charge is 0.341 e. The maximum Gasteiger partial charge on any atom is 0.255 e. The highest BCUT2D eigenvalue weighted by Gasteiger charge is 2.53. The quantitative estimate of drug-likeness (QED) is 0.831. The molecule has 25 heavy (non-hydrogen) atoms. The van der Waals surface area contributed by atoms with Gasteiger partial charge in [0.05, 0.1) is 0 Å². The van der Waals surface area contributed by atoms with E-state index in [0.717, 1.165) is 51.7 Å². The highest BCUT2D eigenvalue weighted by molar-refractivity contribution is 6.07. The van der Waals surface area contributed by atoms with Gasteiger partial charge in [0, 0.05) is 38.4 Å². The number of hydrogen-bond donors (Lipinski definition) is 2. The number of hydrogen-bond acceptors (Lipinski definition) is 4. The Labute approximate surface area is 150 Å². The van der Waals surface area contributed by atoms with E-state index in [1.54, 1.807) is 7.05 Å². The fourth-order valence-corrected chi connectivity index (χ4v) is 4.20. The third-order valence-electron chi connectivity index (χ3n) is 5.65. The number of pyridine rings is 1. The van der Waals surface area contributed by atoms with Gasteiger partial charge in [-0.1, -0.05) is 19.8 Å². The van der Waals surface area contributed by atoms with Gasteiger partial charge >= 0.3 is 0 Å². The first kappa shape index (κ1) is 17.9. The molecule has 136 valence electrons. The van der Waals surface area contributed by atoms with Gasteiger partial charge in [-0.3, -0.25) is 25.0 Å². The van der Waals surface area contributed by atoms with Crippen molar-refractivity contribution in [1.82, 2.24) is 20.1 Å². The molecule has 0 saturated carbocycles. The molecule has 1 amide bonds. The summed E-state index contributed by atoms with van der Waals surface area (Å²) in [6.07, 6.45) is 8.66. The van der Waals surface area contributed by atoms with Crippen LogP contribution < -0.4 is 5.32 Å². The van der Waals surface area contributed by atoms with Gasteiger partial charge in [0.15, 0.2) is 5.96 Å². The third kappa shape index (κ3) is 3.54. The number of guanidine groups is 1. The van der Waals surface area contributed by atoms with E-state index in [2.05, 4.69) is 34.3 Å². The average Bonchev–Trinajstić information content (AvgIpc) is 2.86. The second-order valence-corrected chi connectivity index (χ2v) is 7.34. The van der Waals surface area contributed by atoms with Crippen molar-refractivity contribution >= 4 is 11.9 Å². The monoisotopic (exact) mass is 343 g/mol. The predicted molar refractivity (Wildman–Crippen MR) is 98.1 cm³/mol. The molecule has 6 nitrogen and oxygen atoms in total. The molecule has 0 spiro atoms. The lowest BCUT2D eigenvalue weighted by Gasteiger charge is -2.42. The molecule has 0 aliphatic carbocycles. The van der Waals surface area contributed by atoms with E-state index in [1.165, 1.54) is 10.5 Å². The number of likely N-dealkylation sites (N-methyl/N-ethyl adjacent to an activating group) is 1. The van der Waals surface area contributed by atoms with Crippen molar-refractivity contribution in [2.45, 2.75) is 51.1 Å². The molecule has 1 aromatic rings. The molecule has 1 aromatic heterocycles. The van der Waals surface area contributed by atoms with E-state index >= 15 is 0 Å². The number of amides is 1. The summed E-state index contributed by atoms with van der Waals surface area (Å²) in [6.45, 7) is 5.00. The van der Waals surface area contributed by atoms with Gasteiger partial charge in [-0.25, -0.2) is 0 Å². The zero-order valence-corrected chi connectivity index (χ0v) is 15.3. The van der Waals surface area contributed by atoms with E-state index in [1.807, 2.05) is 12.4 Å². The van der Waals surface area contributed by atoms with Crippen LogP contribution in [0.5, 0.6) is 0 Å². The van der Waals surface area contributed by atoms with Crippen molar-refractivity contribution < 1.29 is 4.79 Å². The van der Waals surface area contributed by atoms with Crippen LogP contribution in [0, 0.1) is 11.3 Å². The number of carbonyl (C=O) groups is 1. The van der Waals surface area contributed by atoms with Gasteiger partial charge in [-0.2, -0.15) is 0 Å². The van der Waals surface area contributed by atoms with Gasteiger partial charge < -0.3 is 5.32 Å². The second-order valence-electron chi connectivity index (χ2n) is 7.34. The molecule has 3 rings (SSSR count). The van der Waals surface area contributed by atoms with Crippen LogP contribution in [0.1, 0.15) is 44.6 Å². The molecule has 2 N–H and O–H groups in total. The molecule has 0 radical (unpaired) electrons. The molecule has 2 aliphatic heterocycles. The lowest BCUT2D eigenvalue weighted by molar-refractivity contribution is -0.133. The first-order valence-electron chi connectivity index (χ1n) is 9.33. The number of aromatic nitrogens is 1. The zero-order chi connectivity index (χ0) is 17.9. The summed E-state index contributed by atoms with van der Waals surface area (Å²) in [7, 11) is 1.71. The average molecular weight is 343 g/mol. The first-order valence-corrected chi connectivity index (χ1v) is 9.33. The van der Waals surface area contributed by atoms with Gasteiger partial charge in [0.2, 0.25) is 0 Å². The summed E-state index contributed by atoms with van der Waals surface area (Å²) >= 11 is 0. The minimum atomic E-state index is -0.598. The Bertz CT molecular complexity index is 620. The maximum absolute atomic E-state index is 13.0. The zero-order valence-electron chi connectivity index (χ0n) is 15.3. The van der Waals surface area contributed by atoms with Crippen molar-refractivity contribution in [2.75, 3.05) is 20.1 Å². The molecule has 2 saturated heterocycles. The first-order chi connectivity index (χ1) is 12.1. The van der Waals surface area contributed by atoms with Crippen LogP contribution in [0.25, 0.3) is 0 Å². The van der Waals surface area contributed by atoms with E-state index in [9.17, 15) is 4.79 Å². The summed E-state index contributed by atoms with van der Waals surface area (Å²) in [5.74, 6) is 0.557. The van der Waals surface area contributed by atoms with Gasteiger partial charge in [0.1, 0.15) is 5.54 Å². The van der Waals surface area contributed by atoms with Crippen molar-refractivity contribution in [3.05, 3.63) is 30.1 Å². The third-order valence-corrected chi connectivity index (χ3v) is 5.65. The van der Waals surface area contributed by atoms with E-state index in [-0.39, 0.29) is 17.8 Å². The van der Waals surface area contributed by atoms with Crippen LogP contribution in [0.4, 0.5) is 0 Å². The van der Waals surface area contributed by atoms with Crippen molar-refractivity contribution in [1.29, 1.82) is 5.41 Å². The number of nitrogens with zero attached hydrogens (tertiary/aromatic N) is 3. The van der Waals surface area contributed by atoms with Gasteiger partial charge in [-0.15, -0.1) is 0 Å². The fraction of sp³-hybridized carbons (Fsp3) is 0.632. The Morgan fingerprint density at radius 1 is 1.40 bits per heavy atom. The van der Waals surface area contributed by atoms with Crippen LogP contribution in [0.3, 0.4) is 0 Å². The minimum absolute atomic E-state index is 0.0710. The van der Waals surface area contributed by atoms with Crippen molar-refractivity contribution in [2.24, 2.45) is 5.92 Å². The number of likely N-dealkylation sites (tertiary alicyclic amines) is 1. The highest BCUT2D eigenvalue weighted by atomic mass is 16.2.